The molecule has 0 unspecified atom stereocenters. The summed E-state index contributed by atoms with van der Waals surface area (Å²) in [7, 11) is 0. The van der Waals surface area contributed by atoms with Crippen LogP contribution in [0.3, 0.4) is 0 Å². The van der Waals surface area contributed by atoms with Crippen LogP contribution in [0.5, 0.6) is 0 Å². The number of aryl methyl sites for hydroxylation is 1. The van der Waals surface area contributed by atoms with Gasteiger partial charge in [0.15, 0.2) is 5.78 Å². The molecule has 0 bridgehead atoms. The molecule has 1 amide bonds. The van der Waals surface area contributed by atoms with Gasteiger partial charge >= 0.3 is 0 Å². The van der Waals surface area contributed by atoms with Gasteiger partial charge in [-0.2, -0.15) is 0 Å². The third-order valence-corrected chi connectivity index (χ3v) is 5.50. The van der Waals surface area contributed by atoms with Crippen molar-refractivity contribution in [2.75, 3.05) is 19.6 Å². The van der Waals surface area contributed by atoms with Gasteiger partial charge in [-0.25, -0.2) is 0 Å². The SMILES string of the molecule is CC(=O)c1[nH]c(C)c(C(=O)NC2CCN(CCc3ccccc3)CC2)c1C. The first-order valence-electron chi connectivity index (χ1n) is 9.73. The summed E-state index contributed by atoms with van der Waals surface area (Å²) in [5.74, 6) is -0.113. The molecule has 1 fully saturated rings. The van der Waals surface area contributed by atoms with Gasteiger partial charge in [-0.05, 0) is 44.2 Å². The van der Waals surface area contributed by atoms with E-state index in [0.717, 1.165) is 50.2 Å². The Labute approximate surface area is 161 Å². The highest BCUT2D eigenvalue weighted by Gasteiger charge is 2.24. The van der Waals surface area contributed by atoms with Crippen molar-refractivity contribution in [2.45, 2.75) is 46.1 Å². The van der Waals surface area contributed by atoms with Gasteiger partial charge in [-0.3, -0.25) is 9.59 Å². The highest BCUT2D eigenvalue weighted by Crippen LogP contribution is 2.19. The average molecular weight is 367 g/mol. The number of carbonyl (C=O) groups excluding carboxylic acids is 2. The number of nitrogens with zero attached hydrogens (tertiary/aromatic N) is 1. The second kappa shape index (κ2) is 8.53. The molecule has 1 saturated heterocycles. The zero-order valence-corrected chi connectivity index (χ0v) is 16.5. The van der Waals surface area contributed by atoms with Gasteiger partial charge in [0.1, 0.15) is 0 Å². The number of H-pyrrole nitrogens is 1. The Morgan fingerprint density at radius 2 is 1.81 bits per heavy atom. The van der Waals surface area contributed by atoms with Crippen molar-refractivity contribution >= 4 is 11.7 Å². The van der Waals surface area contributed by atoms with Gasteiger partial charge in [-0.1, -0.05) is 30.3 Å². The van der Waals surface area contributed by atoms with Crippen molar-refractivity contribution in [3.05, 3.63) is 58.4 Å². The molecule has 5 nitrogen and oxygen atoms in total. The van der Waals surface area contributed by atoms with Gasteiger partial charge in [0.25, 0.3) is 5.91 Å². The molecule has 3 rings (SSSR count). The summed E-state index contributed by atoms with van der Waals surface area (Å²) in [6, 6.07) is 10.7. The highest BCUT2D eigenvalue weighted by molar-refractivity contribution is 6.02. The lowest BCUT2D eigenvalue weighted by atomic mass is 10.0. The Kier molecular flexibility index (Phi) is 6.11. The van der Waals surface area contributed by atoms with Crippen LogP contribution in [0.15, 0.2) is 30.3 Å². The minimum atomic E-state index is -0.0727. The topological polar surface area (TPSA) is 65.2 Å². The number of amides is 1. The van der Waals surface area contributed by atoms with Crippen molar-refractivity contribution in [2.24, 2.45) is 0 Å². The van der Waals surface area contributed by atoms with E-state index < -0.39 is 0 Å². The Hall–Kier alpha value is -2.40. The lowest BCUT2D eigenvalue weighted by Gasteiger charge is -2.32. The molecule has 0 saturated carbocycles. The highest BCUT2D eigenvalue weighted by atomic mass is 16.2. The van der Waals surface area contributed by atoms with Crippen molar-refractivity contribution in [1.29, 1.82) is 0 Å². The molecule has 5 heteroatoms. The number of aromatic nitrogens is 1. The van der Waals surface area contributed by atoms with Crippen LogP contribution in [0.2, 0.25) is 0 Å². The summed E-state index contributed by atoms with van der Waals surface area (Å²) in [6.07, 6.45) is 2.98. The minimum absolute atomic E-state index is 0.0404. The molecule has 1 aromatic carbocycles. The van der Waals surface area contributed by atoms with Gasteiger partial charge in [0.05, 0.1) is 11.3 Å². The molecular formula is C22H29N3O2. The number of ketones is 1. The molecule has 144 valence electrons. The van der Waals surface area contributed by atoms with Crippen LogP contribution in [-0.2, 0) is 6.42 Å². The Morgan fingerprint density at radius 1 is 1.15 bits per heavy atom. The largest absolute Gasteiger partial charge is 0.355 e. The van der Waals surface area contributed by atoms with E-state index in [1.807, 2.05) is 19.9 Å². The molecule has 0 spiro atoms. The lowest BCUT2D eigenvalue weighted by Crippen LogP contribution is -2.45. The molecular weight excluding hydrogens is 338 g/mol. The van der Waals surface area contributed by atoms with E-state index in [1.165, 1.54) is 12.5 Å². The molecule has 2 aromatic rings. The van der Waals surface area contributed by atoms with Gasteiger partial charge in [-0.15, -0.1) is 0 Å². The van der Waals surface area contributed by atoms with Crippen LogP contribution in [0.4, 0.5) is 0 Å². The number of likely N-dealkylation sites (tertiary alicyclic amines) is 1. The van der Waals surface area contributed by atoms with E-state index in [1.54, 1.807) is 0 Å². The molecule has 1 aliphatic heterocycles. The number of nitrogens with one attached hydrogen (secondary N) is 2. The third-order valence-electron chi connectivity index (χ3n) is 5.50. The fraction of sp³-hybridized carbons (Fsp3) is 0.455. The number of piperidine rings is 1. The minimum Gasteiger partial charge on any atom is -0.355 e. The van der Waals surface area contributed by atoms with Crippen LogP contribution < -0.4 is 5.32 Å². The summed E-state index contributed by atoms with van der Waals surface area (Å²) in [6.45, 7) is 8.26. The monoisotopic (exact) mass is 367 g/mol. The standard InChI is InChI=1S/C22H29N3O2/c1-15-20(16(2)23-21(15)17(3)26)22(27)24-19-10-13-25(14-11-19)12-9-18-7-5-4-6-8-18/h4-8,19,23H,9-14H2,1-3H3,(H,24,27). The van der Waals surface area contributed by atoms with E-state index in [0.29, 0.717) is 11.3 Å². The maximum Gasteiger partial charge on any atom is 0.253 e. The predicted octanol–water partition coefficient (Wildman–Crippen LogP) is 3.27. The first-order chi connectivity index (χ1) is 13.0. The van der Waals surface area contributed by atoms with Crippen LogP contribution in [0, 0.1) is 13.8 Å². The molecule has 1 aliphatic rings. The summed E-state index contributed by atoms with van der Waals surface area (Å²) in [5, 5.41) is 3.17. The summed E-state index contributed by atoms with van der Waals surface area (Å²) >= 11 is 0. The number of benzene rings is 1. The number of Topliss-reactive ketones (excluding diaryl/α,β-unsaturated/α-hetero) is 1. The zero-order chi connectivity index (χ0) is 19.4. The summed E-state index contributed by atoms with van der Waals surface area (Å²) in [5.41, 5.74) is 4.03. The Morgan fingerprint density at radius 3 is 2.41 bits per heavy atom. The van der Waals surface area contributed by atoms with E-state index in [-0.39, 0.29) is 17.7 Å². The fourth-order valence-corrected chi connectivity index (χ4v) is 3.93. The van der Waals surface area contributed by atoms with Crippen molar-refractivity contribution in [3.63, 3.8) is 0 Å². The fourth-order valence-electron chi connectivity index (χ4n) is 3.93. The second-order valence-corrected chi connectivity index (χ2v) is 7.51. The van der Waals surface area contributed by atoms with Crippen LogP contribution >= 0.6 is 0 Å². The number of rotatable bonds is 6. The number of hydrogen-bond acceptors (Lipinski definition) is 3. The molecule has 1 aromatic heterocycles. The molecule has 0 radical (unpaired) electrons. The first-order valence-corrected chi connectivity index (χ1v) is 9.73. The van der Waals surface area contributed by atoms with Crippen molar-refractivity contribution in [3.8, 4) is 0 Å². The third kappa shape index (κ3) is 4.66. The number of hydrogen-bond donors (Lipinski definition) is 2. The molecule has 0 aliphatic carbocycles. The first kappa shape index (κ1) is 19.4. The van der Waals surface area contributed by atoms with Crippen LogP contribution in [-0.4, -0.2) is 47.3 Å². The molecule has 27 heavy (non-hydrogen) atoms. The lowest BCUT2D eigenvalue weighted by molar-refractivity contribution is 0.0910. The van der Waals surface area contributed by atoms with E-state index >= 15 is 0 Å². The van der Waals surface area contributed by atoms with E-state index in [4.69, 9.17) is 0 Å². The summed E-state index contributed by atoms with van der Waals surface area (Å²) in [4.78, 5) is 29.9. The zero-order valence-electron chi connectivity index (χ0n) is 16.5. The smallest absolute Gasteiger partial charge is 0.253 e. The van der Waals surface area contributed by atoms with Gasteiger partial charge in [0, 0.05) is 38.3 Å². The Balaban J connectivity index is 1.50. The van der Waals surface area contributed by atoms with Gasteiger partial charge in [0.2, 0.25) is 0 Å². The van der Waals surface area contributed by atoms with Gasteiger partial charge < -0.3 is 15.2 Å². The van der Waals surface area contributed by atoms with Crippen molar-refractivity contribution < 1.29 is 9.59 Å². The number of aromatic amines is 1. The summed E-state index contributed by atoms with van der Waals surface area (Å²) < 4.78 is 0. The maximum atomic E-state index is 12.7. The number of carbonyl (C=O) groups is 2. The predicted molar refractivity (Wildman–Crippen MR) is 107 cm³/mol. The van der Waals surface area contributed by atoms with Crippen LogP contribution in [0.25, 0.3) is 0 Å². The van der Waals surface area contributed by atoms with Crippen molar-refractivity contribution in [1.82, 2.24) is 15.2 Å². The van der Waals surface area contributed by atoms with E-state index in [9.17, 15) is 9.59 Å². The molecule has 2 N–H and O–H groups in total. The van der Waals surface area contributed by atoms with Crippen LogP contribution in [0.1, 0.15) is 57.4 Å². The van der Waals surface area contributed by atoms with E-state index in [2.05, 4.69) is 39.5 Å². The maximum absolute atomic E-state index is 12.7. The molecule has 0 atom stereocenters. The second-order valence-electron chi connectivity index (χ2n) is 7.51. The molecule has 2 heterocycles. The quantitative estimate of drug-likeness (QED) is 0.770. The Bertz CT molecular complexity index is 802. The average Bonchev–Trinajstić information content (AvgIpc) is 2.96. The normalized spacial score (nSPS) is 15.7.